The Hall–Kier alpha value is -2.76. The average molecular weight is 523 g/mol. The second kappa shape index (κ2) is 10.7. The highest BCUT2D eigenvalue weighted by Gasteiger charge is 2.55. The Kier molecular flexibility index (Phi) is 7.82. The van der Waals surface area contributed by atoms with Crippen LogP contribution in [0.1, 0.15) is 57.3 Å². The Morgan fingerprint density at radius 2 is 1.69 bits per heavy atom. The number of benzene rings is 3. The van der Waals surface area contributed by atoms with Crippen molar-refractivity contribution in [3.63, 3.8) is 0 Å². The van der Waals surface area contributed by atoms with Gasteiger partial charge in [0.05, 0.1) is 18.4 Å². The summed E-state index contributed by atoms with van der Waals surface area (Å²) in [5.74, 6) is 0.943. The molecule has 4 nitrogen and oxygen atoms in total. The summed E-state index contributed by atoms with van der Waals surface area (Å²) in [7, 11) is -0.105. The van der Waals surface area contributed by atoms with Gasteiger partial charge < -0.3 is 4.74 Å². The van der Waals surface area contributed by atoms with Crippen LogP contribution in [-0.4, -0.2) is 28.8 Å². The normalized spacial score (nSPS) is 22.9. The van der Waals surface area contributed by atoms with E-state index in [0.717, 1.165) is 30.8 Å². The molecule has 1 aliphatic rings. The first-order chi connectivity index (χ1) is 17.2. The summed E-state index contributed by atoms with van der Waals surface area (Å²) in [5, 5.41) is 0.825. The van der Waals surface area contributed by atoms with Gasteiger partial charge in [-0.05, 0) is 48.9 Å². The van der Waals surface area contributed by atoms with Crippen molar-refractivity contribution in [3.8, 4) is 5.75 Å². The largest absolute Gasteiger partial charge is 0.496 e. The van der Waals surface area contributed by atoms with Gasteiger partial charge >= 0.3 is 0 Å². The minimum absolute atomic E-state index is 0.0852. The number of hydrogen-bond acceptors (Lipinski definition) is 2. The monoisotopic (exact) mass is 522 g/mol. The zero-order chi connectivity index (χ0) is 25.9. The maximum atomic E-state index is 13.6. The number of methoxy groups -OCH3 is 1. The van der Waals surface area contributed by atoms with E-state index in [1.807, 2.05) is 6.07 Å². The summed E-state index contributed by atoms with van der Waals surface area (Å²) < 4.78 is 7.79. The quantitative estimate of drug-likeness (QED) is 0.325. The Bertz CT molecular complexity index is 1240. The van der Waals surface area contributed by atoms with E-state index in [-0.39, 0.29) is 10.7 Å². The van der Waals surface area contributed by atoms with Crippen molar-refractivity contribution < 1.29 is 9.53 Å². The Labute approximate surface area is 221 Å². The fraction of sp³-hybridized carbons (Fsp3) is 0.333. The number of halogens is 1. The minimum atomic E-state index is -1.66. The molecule has 0 radical (unpaired) electrons. The molecule has 1 saturated heterocycles. The van der Waals surface area contributed by atoms with Gasteiger partial charge in [-0.1, -0.05) is 82.1 Å². The molecule has 2 atom stereocenters. The molecule has 3 aromatic carbocycles. The third-order valence-corrected chi connectivity index (χ3v) is 12.1. The third-order valence-electron chi connectivity index (χ3n) is 6.68. The fourth-order valence-corrected chi connectivity index (χ4v) is 11.1. The number of anilines is 1. The number of nitrogens with zero attached hydrogens (tertiary/aromatic N) is 2. The molecule has 36 heavy (non-hydrogen) atoms. The molecule has 4 rings (SSSR count). The zero-order valence-electron chi connectivity index (χ0n) is 21.7. The number of aliphatic imine (C=N–C) groups is 1. The number of amidine groups is 1. The summed E-state index contributed by atoms with van der Waals surface area (Å²) in [6.45, 7) is 9.23. The van der Waals surface area contributed by atoms with Crippen molar-refractivity contribution in [1.82, 2.24) is 0 Å². The highest BCUT2D eigenvalue weighted by atomic mass is 35.5. The Balaban J connectivity index is 1.98. The lowest BCUT2D eigenvalue weighted by Crippen LogP contribution is -2.41. The van der Waals surface area contributed by atoms with E-state index >= 15 is 0 Å². The molecule has 0 bridgehead atoms. The molecule has 2 unspecified atom stereocenters. The van der Waals surface area contributed by atoms with Gasteiger partial charge in [0.1, 0.15) is 11.6 Å². The van der Waals surface area contributed by atoms with Crippen LogP contribution in [-0.2, 0) is 0 Å². The molecule has 6 heteroatoms. The minimum Gasteiger partial charge on any atom is -0.496 e. The lowest BCUT2D eigenvalue weighted by atomic mass is 10.1. The highest BCUT2D eigenvalue weighted by Crippen LogP contribution is 2.75. The van der Waals surface area contributed by atoms with Crippen LogP contribution in [0.5, 0.6) is 5.75 Å². The van der Waals surface area contributed by atoms with E-state index in [2.05, 4.69) is 86.6 Å². The predicted molar refractivity (Wildman–Crippen MR) is 154 cm³/mol. The number of rotatable bonds is 6. The van der Waals surface area contributed by atoms with Gasteiger partial charge in [0.2, 0.25) is 0 Å². The van der Waals surface area contributed by atoms with Crippen LogP contribution in [0.25, 0.3) is 0 Å². The van der Waals surface area contributed by atoms with Crippen LogP contribution in [0, 0.1) is 0 Å². The van der Waals surface area contributed by atoms with Crippen molar-refractivity contribution in [2.24, 2.45) is 4.99 Å². The number of hydrogen-bond donors (Lipinski definition) is 0. The first-order valence-corrected chi connectivity index (χ1v) is 14.4. The zero-order valence-corrected chi connectivity index (χ0v) is 23.3. The number of ether oxygens (including phenoxy) is 1. The SMILES string of the molecule is CCCC1CC(=NC(=O)c2cc(Cl)ccc2OC)N(c2ccccc2)S1(c1ccccc1)C(C)(C)C. The first-order valence-electron chi connectivity index (χ1n) is 12.4. The van der Waals surface area contributed by atoms with Crippen molar-refractivity contribution >= 4 is 39.2 Å². The molecule has 0 saturated carbocycles. The molecule has 1 aliphatic heterocycles. The number of carbonyl (C=O) groups excluding carboxylic acids is 1. The molecule has 1 amide bonds. The van der Waals surface area contributed by atoms with E-state index in [1.165, 1.54) is 4.90 Å². The van der Waals surface area contributed by atoms with Gasteiger partial charge in [-0.2, -0.15) is 4.99 Å². The molecule has 1 fully saturated rings. The van der Waals surface area contributed by atoms with Crippen molar-refractivity contribution in [3.05, 3.63) is 89.4 Å². The summed E-state index contributed by atoms with van der Waals surface area (Å²) >= 11 is 6.25. The van der Waals surface area contributed by atoms with Gasteiger partial charge in [0, 0.05) is 26.3 Å². The summed E-state index contributed by atoms with van der Waals surface area (Å²) in [4.78, 5) is 19.8. The fourth-order valence-electron chi connectivity index (χ4n) is 5.36. The van der Waals surface area contributed by atoms with Gasteiger partial charge in [0.15, 0.2) is 0 Å². The molecule has 3 aromatic rings. The standard InChI is InChI=1S/C30H35ClN2O2S/c1-6-13-25-21-28(32-29(34)26-20-22(31)18-19-27(26)35-5)33(23-14-9-7-10-15-23)36(25,30(2,3)4)24-16-11-8-12-17-24/h7-12,14-20,25H,6,13,21H2,1-5H3. The molecular formula is C30H35ClN2O2S. The third kappa shape index (κ3) is 4.67. The van der Waals surface area contributed by atoms with Gasteiger partial charge in [-0.15, -0.1) is 10.2 Å². The van der Waals surface area contributed by atoms with Gasteiger partial charge in [0.25, 0.3) is 5.91 Å². The van der Waals surface area contributed by atoms with E-state index in [4.69, 9.17) is 21.3 Å². The predicted octanol–water partition coefficient (Wildman–Crippen LogP) is 8.54. The molecule has 0 N–H and O–H groups in total. The van der Waals surface area contributed by atoms with Gasteiger partial charge in [-0.3, -0.25) is 9.10 Å². The lowest BCUT2D eigenvalue weighted by Gasteiger charge is -2.57. The first kappa shape index (κ1) is 26.3. The van der Waals surface area contributed by atoms with E-state index < -0.39 is 10.2 Å². The van der Waals surface area contributed by atoms with Crippen molar-refractivity contribution in [1.29, 1.82) is 0 Å². The van der Waals surface area contributed by atoms with Crippen LogP contribution < -0.4 is 9.04 Å². The molecule has 0 aromatic heterocycles. The second-order valence-corrected chi connectivity index (χ2v) is 14.4. The van der Waals surface area contributed by atoms with Crippen LogP contribution in [0.15, 0.2) is 88.8 Å². The topological polar surface area (TPSA) is 41.9 Å². The second-order valence-electron chi connectivity index (χ2n) is 9.97. The average Bonchev–Trinajstić information content (AvgIpc) is 3.19. The lowest BCUT2D eigenvalue weighted by molar-refractivity contribution is 0.0999. The smallest absolute Gasteiger partial charge is 0.282 e. The van der Waals surface area contributed by atoms with Crippen LogP contribution in [0.2, 0.25) is 5.02 Å². The van der Waals surface area contributed by atoms with Crippen molar-refractivity contribution in [2.75, 3.05) is 11.4 Å². The summed E-state index contributed by atoms with van der Waals surface area (Å²) in [5.41, 5.74) is 1.44. The molecular weight excluding hydrogens is 488 g/mol. The number of amides is 1. The highest BCUT2D eigenvalue weighted by molar-refractivity contribution is 8.37. The van der Waals surface area contributed by atoms with Crippen molar-refractivity contribution in [2.45, 2.75) is 61.8 Å². The maximum Gasteiger partial charge on any atom is 0.282 e. The molecule has 190 valence electrons. The number of para-hydroxylation sites is 1. The van der Waals surface area contributed by atoms with E-state index in [0.29, 0.717) is 21.6 Å². The summed E-state index contributed by atoms with van der Waals surface area (Å²) in [6.07, 6.45) is 2.85. The van der Waals surface area contributed by atoms with E-state index in [9.17, 15) is 4.79 Å². The maximum absolute atomic E-state index is 13.6. The van der Waals surface area contributed by atoms with Crippen LogP contribution in [0.3, 0.4) is 0 Å². The molecule has 0 aliphatic carbocycles. The van der Waals surface area contributed by atoms with Crippen LogP contribution >= 0.6 is 21.8 Å². The van der Waals surface area contributed by atoms with Crippen LogP contribution in [0.4, 0.5) is 5.69 Å². The Morgan fingerprint density at radius 1 is 1.06 bits per heavy atom. The molecule has 0 spiro atoms. The Morgan fingerprint density at radius 3 is 2.28 bits per heavy atom. The number of carbonyl (C=O) groups is 1. The summed E-state index contributed by atoms with van der Waals surface area (Å²) in [6, 6.07) is 26.3. The molecule has 1 heterocycles. The van der Waals surface area contributed by atoms with E-state index in [1.54, 1.807) is 25.3 Å². The van der Waals surface area contributed by atoms with Gasteiger partial charge in [-0.25, -0.2) is 0 Å².